The smallest absolute Gasteiger partial charge is 0.159 e. The Labute approximate surface area is 212 Å². The number of para-hydroxylation sites is 3. The summed E-state index contributed by atoms with van der Waals surface area (Å²) in [5, 5.41) is 6.76. The molecule has 0 bridgehead atoms. The van der Waals surface area contributed by atoms with Gasteiger partial charge in [-0.15, -0.1) is 0 Å². The molecule has 0 aliphatic heterocycles. The Morgan fingerprint density at radius 2 is 1.11 bits per heavy atom. The first-order chi connectivity index (χ1) is 18.3. The first kappa shape index (κ1) is 20.2. The molecule has 3 heteroatoms. The minimum absolute atomic E-state index is 0.863. The van der Waals surface area contributed by atoms with Gasteiger partial charge in [-0.05, 0) is 47.9 Å². The van der Waals surface area contributed by atoms with Gasteiger partial charge in [0.2, 0.25) is 0 Å². The van der Waals surface area contributed by atoms with Crippen LogP contribution in [0.15, 0.2) is 136 Å². The van der Waals surface area contributed by atoms with Crippen LogP contribution in [0.5, 0.6) is 0 Å². The molecule has 8 rings (SSSR count). The van der Waals surface area contributed by atoms with Crippen molar-refractivity contribution >= 4 is 71.7 Å². The number of furan rings is 2. The van der Waals surface area contributed by atoms with Crippen LogP contribution < -0.4 is 4.90 Å². The number of anilines is 3. The Balaban J connectivity index is 1.42. The van der Waals surface area contributed by atoms with E-state index >= 15 is 0 Å². The SMILES string of the molecule is c1ccc(N(c2ccc3c(c2)oc2ccccc23)c2cccc3c2oc2c4ccccc4ccc32)cc1. The molecule has 2 aromatic heterocycles. The molecule has 174 valence electrons. The molecule has 0 aliphatic carbocycles. The van der Waals surface area contributed by atoms with E-state index < -0.39 is 0 Å². The Kier molecular flexibility index (Phi) is 4.23. The molecule has 2 heterocycles. The summed E-state index contributed by atoms with van der Waals surface area (Å²) in [6.45, 7) is 0. The molecule has 0 saturated heterocycles. The van der Waals surface area contributed by atoms with Gasteiger partial charge in [0.15, 0.2) is 5.58 Å². The van der Waals surface area contributed by atoms with E-state index in [1.54, 1.807) is 0 Å². The molecule has 3 nitrogen and oxygen atoms in total. The molecule has 0 spiro atoms. The third-order valence-electron chi connectivity index (χ3n) is 7.24. The van der Waals surface area contributed by atoms with Crippen molar-refractivity contribution in [2.75, 3.05) is 4.90 Å². The van der Waals surface area contributed by atoms with Gasteiger partial charge in [-0.1, -0.05) is 78.9 Å². The average Bonchev–Trinajstić information content (AvgIpc) is 3.53. The topological polar surface area (TPSA) is 29.5 Å². The molecule has 0 unspecified atom stereocenters. The van der Waals surface area contributed by atoms with Crippen LogP contribution in [0.25, 0.3) is 54.6 Å². The lowest BCUT2D eigenvalue weighted by Crippen LogP contribution is -2.09. The molecule has 8 aromatic rings. The van der Waals surface area contributed by atoms with E-state index in [1.807, 2.05) is 24.3 Å². The van der Waals surface area contributed by atoms with Gasteiger partial charge >= 0.3 is 0 Å². The maximum Gasteiger partial charge on any atom is 0.159 e. The lowest BCUT2D eigenvalue weighted by Gasteiger charge is -2.25. The molecular formula is C34H21NO2. The molecule has 0 fully saturated rings. The summed E-state index contributed by atoms with van der Waals surface area (Å²) >= 11 is 0. The lowest BCUT2D eigenvalue weighted by atomic mass is 10.1. The van der Waals surface area contributed by atoms with E-state index in [1.165, 1.54) is 5.39 Å². The monoisotopic (exact) mass is 475 g/mol. The lowest BCUT2D eigenvalue weighted by molar-refractivity contribution is 0.668. The molecular weight excluding hydrogens is 454 g/mol. The van der Waals surface area contributed by atoms with Gasteiger partial charge < -0.3 is 13.7 Å². The van der Waals surface area contributed by atoms with Crippen LogP contribution in [-0.4, -0.2) is 0 Å². The highest BCUT2D eigenvalue weighted by atomic mass is 16.3. The van der Waals surface area contributed by atoms with Crippen molar-refractivity contribution in [2.24, 2.45) is 0 Å². The van der Waals surface area contributed by atoms with Crippen LogP contribution >= 0.6 is 0 Å². The van der Waals surface area contributed by atoms with Gasteiger partial charge in [0.25, 0.3) is 0 Å². The van der Waals surface area contributed by atoms with Gasteiger partial charge in [0.05, 0.1) is 11.4 Å². The van der Waals surface area contributed by atoms with Gasteiger partial charge in [0.1, 0.15) is 16.7 Å². The fraction of sp³-hybridized carbons (Fsp3) is 0. The molecule has 0 radical (unpaired) electrons. The number of benzene rings is 6. The number of rotatable bonds is 3. The normalized spacial score (nSPS) is 11.8. The average molecular weight is 476 g/mol. The highest BCUT2D eigenvalue weighted by Crippen LogP contribution is 2.44. The largest absolute Gasteiger partial charge is 0.456 e. The van der Waals surface area contributed by atoms with E-state index in [2.05, 4.69) is 108 Å². The minimum atomic E-state index is 0.863. The molecule has 37 heavy (non-hydrogen) atoms. The fourth-order valence-electron chi connectivity index (χ4n) is 5.55. The van der Waals surface area contributed by atoms with Crippen LogP contribution in [0.2, 0.25) is 0 Å². The standard InChI is InChI=1S/C34H21NO2/c1-2-10-23(11-3-1)35(24-18-20-27-26-13-6-7-16-31(26)36-32(27)21-24)30-15-8-14-28-29-19-17-22-9-4-5-12-25(22)33(29)37-34(28)30/h1-21H. The highest BCUT2D eigenvalue weighted by Gasteiger charge is 2.21. The summed E-state index contributed by atoms with van der Waals surface area (Å²) in [7, 11) is 0. The summed E-state index contributed by atoms with van der Waals surface area (Å²) in [5.41, 5.74) is 6.59. The van der Waals surface area contributed by atoms with Gasteiger partial charge in [0, 0.05) is 38.7 Å². The molecule has 0 atom stereocenters. The summed E-state index contributed by atoms with van der Waals surface area (Å²) in [6, 6.07) is 44.1. The number of nitrogens with zero attached hydrogens (tertiary/aromatic N) is 1. The highest BCUT2D eigenvalue weighted by molar-refractivity contribution is 6.17. The van der Waals surface area contributed by atoms with E-state index in [4.69, 9.17) is 8.83 Å². The van der Waals surface area contributed by atoms with Crippen molar-refractivity contribution in [1.29, 1.82) is 0 Å². The Morgan fingerprint density at radius 3 is 2.03 bits per heavy atom. The summed E-state index contributed by atoms with van der Waals surface area (Å²) in [5.74, 6) is 0. The fourth-order valence-corrected chi connectivity index (χ4v) is 5.55. The zero-order chi connectivity index (χ0) is 24.3. The van der Waals surface area contributed by atoms with Gasteiger partial charge in [-0.3, -0.25) is 0 Å². The number of hydrogen-bond donors (Lipinski definition) is 0. The predicted octanol–water partition coefficient (Wildman–Crippen LogP) is 10.1. The van der Waals surface area contributed by atoms with Crippen molar-refractivity contribution in [3.05, 3.63) is 127 Å². The van der Waals surface area contributed by atoms with Crippen molar-refractivity contribution in [3.8, 4) is 0 Å². The van der Waals surface area contributed by atoms with Crippen molar-refractivity contribution < 1.29 is 8.83 Å². The molecule has 0 N–H and O–H groups in total. The number of fused-ring (bicyclic) bond motifs is 8. The van der Waals surface area contributed by atoms with Crippen LogP contribution in [0.4, 0.5) is 17.1 Å². The van der Waals surface area contributed by atoms with Crippen molar-refractivity contribution in [3.63, 3.8) is 0 Å². The van der Waals surface area contributed by atoms with E-state index in [-0.39, 0.29) is 0 Å². The van der Waals surface area contributed by atoms with Crippen molar-refractivity contribution in [1.82, 2.24) is 0 Å². The summed E-state index contributed by atoms with van der Waals surface area (Å²) in [6.07, 6.45) is 0. The Hall–Kier alpha value is -5.02. The zero-order valence-corrected chi connectivity index (χ0v) is 19.9. The molecule has 0 amide bonds. The van der Waals surface area contributed by atoms with Crippen LogP contribution in [0, 0.1) is 0 Å². The Bertz CT molecular complexity index is 2100. The van der Waals surface area contributed by atoms with E-state index in [0.717, 1.165) is 66.3 Å². The van der Waals surface area contributed by atoms with Gasteiger partial charge in [-0.25, -0.2) is 0 Å². The molecule has 0 aliphatic rings. The second-order valence-electron chi connectivity index (χ2n) is 9.37. The first-order valence-electron chi connectivity index (χ1n) is 12.4. The van der Waals surface area contributed by atoms with Crippen LogP contribution in [0.1, 0.15) is 0 Å². The maximum atomic E-state index is 6.69. The van der Waals surface area contributed by atoms with Crippen molar-refractivity contribution in [2.45, 2.75) is 0 Å². The summed E-state index contributed by atoms with van der Waals surface area (Å²) in [4.78, 5) is 2.25. The maximum absolute atomic E-state index is 6.69. The van der Waals surface area contributed by atoms with E-state index in [9.17, 15) is 0 Å². The summed E-state index contributed by atoms with van der Waals surface area (Å²) < 4.78 is 12.9. The predicted molar refractivity (Wildman–Crippen MR) is 153 cm³/mol. The second kappa shape index (κ2) is 7.74. The van der Waals surface area contributed by atoms with Crippen LogP contribution in [-0.2, 0) is 0 Å². The number of hydrogen-bond acceptors (Lipinski definition) is 3. The Morgan fingerprint density at radius 1 is 0.405 bits per heavy atom. The zero-order valence-electron chi connectivity index (χ0n) is 19.9. The molecule has 6 aromatic carbocycles. The molecule has 0 saturated carbocycles. The first-order valence-corrected chi connectivity index (χ1v) is 12.4. The third kappa shape index (κ3) is 3.01. The quantitative estimate of drug-likeness (QED) is 0.255. The van der Waals surface area contributed by atoms with Crippen LogP contribution in [0.3, 0.4) is 0 Å². The van der Waals surface area contributed by atoms with Gasteiger partial charge in [-0.2, -0.15) is 0 Å². The van der Waals surface area contributed by atoms with E-state index in [0.29, 0.717) is 0 Å². The second-order valence-corrected chi connectivity index (χ2v) is 9.37. The minimum Gasteiger partial charge on any atom is -0.456 e. The third-order valence-corrected chi connectivity index (χ3v) is 7.24.